The van der Waals surface area contributed by atoms with Crippen molar-refractivity contribution in [1.29, 1.82) is 5.26 Å². The van der Waals surface area contributed by atoms with Gasteiger partial charge in [-0.25, -0.2) is 0 Å². The molecule has 1 aliphatic carbocycles. The van der Waals surface area contributed by atoms with Crippen LogP contribution in [0.5, 0.6) is 0 Å². The lowest BCUT2D eigenvalue weighted by Crippen LogP contribution is -2.45. The standard InChI is InChI=1S/C15H19NO/c1-14(17,11-13-7-3-2-4-8-13)15(12-16)9-5-6-10-15/h2-4,7-8,17H,5-6,9-11H2,1H3. The number of benzene rings is 1. The summed E-state index contributed by atoms with van der Waals surface area (Å²) in [6.07, 6.45) is 4.31. The average Bonchev–Trinajstić information content (AvgIpc) is 2.80. The molecule has 1 atom stereocenters. The van der Waals surface area contributed by atoms with Crippen molar-refractivity contribution < 1.29 is 5.11 Å². The molecule has 2 nitrogen and oxygen atoms in total. The molecule has 1 fully saturated rings. The van der Waals surface area contributed by atoms with Crippen molar-refractivity contribution in [2.45, 2.75) is 44.6 Å². The van der Waals surface area contributed by atoms with Crippen molar-refractivity contribution in [1.82, 2.24) is 0 Å². The Kier molecular flexibility index (Phi) is 3.22. The molecular formula is C15H19NO. The van der Waals surface area contributed by atoms with Crippen LogP contribution < -0.4 is 0 Å². The molecular weight excluding hydrogens is 210 g/mol. The van der Waals surface area contributed by atoms with Crippen molar-refractivity contribution in [3.05, 3.63) is 35.9 Å². The van der Waals surface area contributed by atoms with Crippen LogP contribution in [0.25, 0.3) is 0 Å². The van der Waals surface area contributed by atoms with Gasteiger partial charge >= 0.3 is 0 Å². The Labute approximate surface area is 103 Å². The minimum Gasteiger partial charge on any atom is -0.388 e. The smallest absolute Gasteiger partial charge is 0.0860 e. The Morgan fingerprint density at radius 3 is 2.41 bits per heavy atom. The van der Waals surface area contributed by atoms with Gasteiger partial charge in [0, 0.05) is 6.42 Å². The number of hydrogen-bond donors (Lipinski definition) is 1. The van der Waals surface area contributed by atoms with Gasteiger partial charge in [-0.3, -0.25) is 0 Å². The highest BCUT2D eigenvalue weighted by atomic mass is 16.3. The van der Waals surface area contributed by atoms with E-state index in [1.165, 1.54) is 0 Å². The second kappa shape index (κ2) is 4.50. The van der Waals surface area contributed by atoms with Crippen LogP contribution in [0.4, 0.5) is 0 Å². The van der Waals surface area contributed by atoms with Gasteiger partial charge in [0.2, 0.25) is 0 Å². The number of nitriles is 1. The molecule has 17 heavy (non-hydrogen) atoms. The Morgan fingerprint density at radius 1 is 1.29 bits per heavy atom. The maximum Gasteiger partial charge on any atom is 0.0860 e. The fourth-order valence-electron chi connectivity index (χ4n) is 2.91. The topological polar surface area (TPSA) is 44.0 Å². The normalized spacial score (nSPS) is 21.7. The van der Waals surface area contributed by atoms with Crippen molar-refractivity contribution in [2.24, 2.45) is 5.41 Å². The second-order valence-electron chi connectivity index (χ2n) is 5.34. The summed E-state index contributed by atoms with van der Waals surface area (Å²) >= 11 is 0. The summed E-state index contributed by atoms with van der Waals surface area (Å²) in [4.78, 5) is 0. The molecule has 1 unspecified atom stereocenters. The number of hydrogen-bond acceptors (Lipinski definition) is 2. The predicted octanol–water partition coefficient (Wildman–Crippen LogP) is 3.06. The van der Waals surface area contributed by atoms with Crippen LogP contribution in [0.3, 0.4) is 0 Å². The summed E-state index contributed by atoms with van der Waals surface area (Å²) in [5.41, 5.74) is -0.387. The molecule has 2 rings (SSSR count). The van der Waals surface area contributed by atoms with Crippen LogP contribution >= 0.6 is 0 Å². The van der Waals surface area contributed by atoms with E-state index in [-0.39, 0.29) is 0 Å². The fraction of sp³-hybridized carbons (Fsp3) is 0.533. The second-order valence-corrected chi connectivity index (χ2v) is 5.34. The fourth-order valence-corrected chi connectivity index (χ4v) is 2.91. The molecule has 0 radical (unpaired) electrons. The summed E-state index contributed by atoms with van der Waals surface area (Å²) in [5.74, 6) is 0. The summed E-state index contributed by atoms with van der Waals surface area (Å²) in [6, 6.07) is 12.3. The first-order valence-electron chi connectivity index (χ1n) is 6.27. The van der Waals surface area contributed by atoms with E-state index in [4.69, 9.17) is 0 Å². The first kappa shape index (κ1) is 12.1. The molecule has 1 aromatic carbocycles. The SMILES string of the molecule is CC(O)(Cc1ccccc1)C1(C#N)CCCC1. The maximum absolute atomic E-state index is 10.7. The van der Waals surface area contributed by atoms with E-state index in [0.29, 0.717) is 6.42 Å². The molecule has 1 aromatic rings. The van der Waals surface area contributed by atoms with Gasteiger partial charge in [-0.15, -0.1) is 0 Å². The zero-order chi connectivity index (χ0) is 12.4. The van der Waals surface area contributed by atoms with Crippen LogP contribution in [-0.2, 0) is 6.42 Å². The first-order chi connectivity index (χ1) is 8.10. The first-order valence-corrected chi connectivity index (χ1v) is 6.27. The molecule has 1 N–H and O–H groups in total. The Hall–Kier alpha value is -1.33. The molecule has 1 aliphatic rings. The molecule has 0 saturated heterocycles. The van der Waals surface area contributed by atoms with Crippen molar-refractivity contribution in [3.63, 3.8) is 0 Å². The van der Waals surface area contributed by atoms with Crippen LogP contribution in [0.2, 0.25) is 0 Å². The lowest BCUT2D eigenvalue weighted by molar-refractivity contribution is -0.0359. The van der Waals surface area contributed by atoms with Gasteiger partial charge in [-0.1, -0.05) is 43.2 Å². The van der Waals surface area contributed by atoms with E-state index in [2.05, 4.69) is 6.07 Å². The minimum absolute atomic E-state index is 0.553. The molecule has 0 spiro atoms. The molecule has 1 saturated carbocycles. The lowest BCUT2D eigenvalue weighted by atomic mass is 9.70. The molecule has 0 heterocycles. The highest BCUT2D eigenvalue weighted by Crippen LogP contribution is 2.47. The van der Waals surface area contributed by atoms with Crippen molar-refractivity contribution in [3.8, 4) is 6.07 Å². The highest BCUT2D eigenvalue weighted by molar-refractivity contribution is 5.21. The third kappa shape index (κ3) is 2.21. The summed E-state index contributed by atoms with van der Waals surface area (Å²) in [6.45, 7) is 1.81. The van der Waals surface area contributed by atoms with Crippen molar-refractivity contribution in [2.75, 3.05) is 0 Å². The largest absolute Gasteiger partial charge is 0.388 e. The molecule has 0 amide bonds. The number of nitrogens with zero attached hydrogens (tertiary/aromatic N) is 1. The summed E-state index contributed by atoms with van der Waals surface area (Å²) in [5, 5.41) is 20.1. The summed E-state index contributed by atoms with van der Waals surface area (Å²) < 4.78 is 0. The van der Waals surface area contributed by atoms with Gasteiger partial charge in [0.05, 0.1) is 17.1 Å². The Bertz CT molecular complexity index is 410. The van der Waals surface area contributed by atoms with E-state index in [1.807, 2.05) is 37.3 Å². The zero-order valence-electron chi connectivity index (χ0n) is 10.3. The van der Waals surface area contributed by atoms with E-state index in [9.17, 15) is 10.4 Å². The predicted molar refractivity (Wildman–Crippen MR) is 67.3 cm³/mol. The third-order valence-electron chi connectivity index (χ3n) is 4.09. The van der Waals surface area contributed by atoms with E-state index in [1.54, 1.807) is 0 Å². The quantitative estimate of drug-likeness (QED) is 0.865. The van der Waals surface area contributed by atoms with Gasteiger partial charge in [0.1, 0.15) is 0 Å². The van der Waals surface area contributed by atoms with Crippen molar-refractivity contribution >= 4 is 0 Å². The summed E-state index contributed by atoms with van der Waals surface area (Å²) in [7, 11) is 0. The molecule has 0 bridgehead atoms. The number of aliphatic hydroxyl groups is 1. The van der Waals surface area contributed by atoms with Crippen LogP contribution in [0.1, 0.15) is 38.2 Å². The zero-order valence-corrected chi connectivity index (χ0v) is 10.3. The lowest BCUT2D eigenvalue weighted by Gasteiger charge is -2.37. The molecule has 0 aromatic heterocycles. The van der Waals surface area contributed by atoms with E-state index >= 15 is 0 Å². The van der Waals surface area contributed by atoms with Crippen LogP contribution in [-0.4, -0.2) is 10.7 Å². The van der Waals surface area contributed by atoms with Gasteiger partial charge < -0.3 is 5.11 Å². The Morgan fingerprint density at radius 2 is 1.88 bits per heavy atom. The van der Waals surface area contributed by atoms with Gasteiger partial charge in [0.15, 0.2) is 0 Å². The highest BCUT2D eigenvalue weighted by Gasteiger charge is 2.49. The maximum atomic E-state index is 10.7. The molecule has 0 aliphatic heterocycles. The van der Waals surface area contributed by atoms with Gasteiger partial charge in [-0.2, -0.15) is 5.26 Å². The third-order valence-corrected chi connectivity index (χ3v) is 4.09. The monoisotopic (exact) mass is 229 g/mol. The average molecular weight is 229 g/mol. The van der Waals surface area contributed by atoms with Gasteiger partial charge in [-0.05, 0) is 25.3 Å². The molecule has 2 heteroatoms. The minimum atomic E-state index is -0.931. The van der Waals surface area contributed by atoms with E-state index in [0.717, 1.165) is 31.2 Å². The van der Waals surface area contributed by atoms with Crippen LogP contribution in [0.15, 0.2) is 30.3 Å². The van der Waals surface area contributed by atoms with Gasteiger partial charge in [0.25, 0.3) is 0 Å². The van der Waals surface area contributed by atoms with Crippen LogP contribution in [0, 0.1) is 16.7 Å². The molecule has 90 valence electrons. The van der Waals surface area contributed by atoms with E-state index < -0.39 is 11.0 Å². The number of rotatable bonds is 3. The Balaban J connectivity index is 2.21.